The third-order valence-electron chi connectivity index (χ3n) is 1.01. The molecule has 58 valence electrons. The molecule has 0 aliphatic heterocycles. The van der Waals surface area contributed by atoms with Crippen molar-refractivity contribution in [1.29, 1.82) is 0 Å². The SMILES string of the molecule is O=[13C](O)[13c]1n[13c](Cl)ccc1Cl. The van der Waals surface area contributed by atoms with Gasteiger partial charge >= 0.3 is 5.97 Å². The summed E-state index contributed by atoms with van der Waals surface area (Å²) in [6, 6.07) is 2.82. The Morgan fingerprint density at radius 3 is 2.55 bits per heavy atom. The summed E-state index contributed by atoms with van der Waals surface area (Å²) < 4.78 is 0. The van der Waals surface area contributed by atoms with Crippen LogP contribution < -0.4 is 0 Å². The van der Waals surface area contributed by atoms with Gasteiger partial charge in [-0.3, -0.25) is 0 Å². The second-order valence-corrected chi connectivity index (χ2v) is 2.56. The Hall–Kier alpha value is -0.800. The third-order valence-corrected chi connectivity index (χ3v) is 1.53. The number of aromatic nitrogens is 1. The summed E-state index contributed by atoms with van der Waals surface area (Å²) in [5.41, 5.74) is -0.223. The molecule has 0 spiro atoms. The van der Waals surface area contributed by atoms with E-state index in [-0.39, 0.29) is 15.9 Å². The number of hydrogen-bond acceptors (Lipinski definition) is 2. The average molecular weight is 195 g/mol. The van der Waals surface area contributed by atoms with E-state index in [4.69, 9.17) is 28.3 Å². The molecule has 0 aliphatic rings. The average Bonchev–Trinajstić information content (AvgIpc) is 1.94. The van der Waals surface area contributed by atoms with Crippen molar-refractivity contribution in [2.24, 2.45) is 0 Å². The second kappa shape index (κ2) is 3.07. The lowest BCUT2D eigenvalue weighted by atomic mass is 10.6. The molecule has 0 amide bonds. The monoisotopic (exact) mass is 194 g/mol. The zero-order valence-electron chi connectivity index (χ0n) is 5.21. The molecule has 0 unspecified atom stereocenters. The van der Waals surface area contributed by atoms with Gasteiger partial charge in [-0.25, -0.2) is 9.78 Å². The van der Waals surface area contributed by atoms with E-state index in [9.17, 15) is 4.79 Å². The highest BCUT2D eigenvalue weighted by atomic mass is 35.5. The van der Waals surface area contributed by atoms with Crippen LogP contribution in [0.25, 0.3) is 0 Å². The smallest absolute Gasteiger partial charge is 0.356 e. The van der Waals surface area contributed by atoms with Crippen LogP contribution in [0.3, 0.4) is 0 Å². The Morgan fingerprint density at radius 2 is 2.09 bits per heavy atom. The molecule has 0 aromatic carbocycles. The van der Waals surface area contributed by atoms with Crippen LogP contribution in [0.4, 0.5) is 0 Å². The van der Waals surface area contributed by atoms with E-state index in [1.54, 1.807) is 0 Å². The molecule has 0 aliphatic carbocycles. The number of carboxylic acid groups (broad SMARTS) is 1. The van der Waals surface area contributed by atoms with Crippen molar-refractivity contribution in [3.8, 4) is 0 Å². The van der Waals surface area contributed by atoms with Crippen LogP contribution in [0.5, 0.6) is 0 Å². The maximum Gasteiger partial charge on any atom is 0.356 e. The highest BCUT2D eigenvalue weighted by Crippen LogP contribution is 2.16. The fourth-order valence-corrected chi connectivity index (χ4v) is 0.902. The summed E-state index contributed by atoms with van der Waals surface area (Å²) in [7, 11) is 0. The van der Waals surface area contributed by atoms with Crippen molar-refractivity contribution in [1.82, 2.24) is 4.98 Å². The van der Waals surface area contributed by atoms with E-state index in [1.807, 2.05) is 0 Å². The quantitative estimate of drug-likeness (QED) is 0.551. The zero-order chi connectivity index (χ0) is 8.43. The van der Waals surface area contributed by atoms with Crippen molar-refractivity contribution in [2.75, 3.05) is 0 Å². The van der Waals surface area contributed by atoms with Gasteiger partial charge in [0.05, 0.1) is 5.02 Å². The first-order chi connectivity index (χ1) is 5.11. The van der Waals surface area contributed by atoms with Crippen molar-refractivity contribution in [3.63, 3.8) is 0 Å². The van der Waals surface area contributed by atoms with Crippen LogP contribution in [0.1, 0.15) is 10.5 Å². The van der Waals surface area contributed by atoms with Gasteiger partial charge in [0.2, 0.25) is 0 Å². The fourth-order valence-electron chi connectivity index (χ4n) is 0.568. The van der Waals surface area contributed by atoms with Crippen LogP contribution in [0, 0.1) is 0 Å². The Balaban J connectivity index is 3.23. The molecular weight excluding hydrogens is 192 g/mol. The highest BCUT2D eigenvalue weighted by molar-refractivity contribution is 6.34. The molecule has 1 aromatic rings. The van der Waals surface area contributed by atoms with Crippen LogP contribution in [-0.2, 0) is 0 Å². The fraction of sp³-hybridized carbons (Fsp3) is 0. The number of hydrogen-bond donors (Lipinski definition) is 1. The summed E-state index contributed by atoms with van der Waals surface area (Å²) in [5.74, 6) is -1.18. The maximum absolute atomic E-state index is 10.4. The second-order valence-electron chi connectivity index (χ2n) is 1.77. The Morgan fingerprint density at radius 1 is 1.45 bits per heavy atom. The summed E-state index contributed by atoms with van der Waals surface area (Å²) in [6.07, 6.45) is 0. The molecule has 5 heteroatoms. The van der Waals surface area contributed by atoms with Gasteiger partial charge in [-0.1, -0.05) is 23.2 Å². The van der Waals surface area contributed by atoms with Crippen LogP contribution >= 0.6 is 23.2 Å². The van der Waals surface area contributed by atoms with Gasteiger partial charge < -0.3 is 5.11 Å². The van der Waals surface area contributed by atoms with Gasteiger partial charge in [0.15, 0.2) is 5.69 Å². The number of nitrogens with zero attached hydrogens (tertiary/aromatic N) is 1. The van der Waals surface area contributed by atoms with Gasteiger partial charge in [0.1, 0.15) is 5.15 Å². The molecule has 1 N–H and O–H groups in total. The minimum absolute atomic E-state index is 0.0851. The van der Waals surface area contributed by atoms with Crippen LogP contribution in [-0.4, -0.2) is 16.1 Å². The predicted molar refractivity (Wildman–Crippen MR) is 41.2 cm³/mol. The van der Waals surface area contributed by atoms with Crippen LogP contribution in [0.15, 0.2) is 12.1 Å². The minimum atomic E-state index is -1.18. The van der Waals surface area contributed by atoms with E-state index in [1.165, 1.54) is 12.1 Å². The standard InChI is InChI=1S/C6H3Cl2NO2/c7-3-1-2-4(8)9-5(3)6(10)11/h1-2H,(H,10,11)/i4+1,5+1,6+1. The van der Waals surface area contributed by atoms with E-state index < -0.39 is 5.97 Å². The summed E-state index contributed by atoms with van der Waals surface area (Å²) >= 11 is 10.9. The molecular formula is C6H3Cl2NO2. The molecule has 0 saturated carbocycles. The van der Waals surface area contributed by atoms with Crippen molar-refractivity contribution >= 4 is 29.2 Å². The molecule has 0 bridgehead atoms. The number of halogens is 2. The van der Waals surface area contributed by atoms with E-state index in [0.29, 0.717) is 0 Å². The number of pyridine rings is 1. The van der Waals surface area contributed by atoms with Gasteiger partial charge in [-0.15, -0.1) is 0 Å². The first kappa shape index (κ1) is 8.30. The molecule has 0 atom stereocenters. The number of carbonyl (C=O) groups is 1. The topological polar surface area (TPSA) is 50.2 Å². The number of carboxylic acids is 1. The Labute approximate surface area is 72.6 Å². The van der Waals surface area contributed by atoms with Crippen molar-refractivity contribution < 1.29 is 9.90 Å². The molecule has 0 radical (unpaired) electrons. The third kappa shape index (κ3) is 1.82. The molecule has 0 fully saturated rings. The van der Waals surface area contributed by atoms with Gasteiger partial charge in [-0.2, -0.15) is 0 Å². The first-order valence-electron chi connectivity index (χ1n) is 2.66. The predicted octanol–water partition coefficient (Wildman–Crippen LogP) is 2.09. The molecule has 1 rings (SSSR count). The molecule has 1 heterocycles. The Kier molecular flexibility index (Phi) is 2.31. The summed E-state index contributed by atoms with van der Waals surface area (Å²) in [6.45, 7) is 0. The summed E-state index contributed by atoms with van der Waals surface area (Å²) in [4.78, 5) is 13.9. The maximum atomic E-state index is 10.4. The van der Waals surface area contributed by atoms with Gasteiger partial charge in [0, 0.05) is 0 Å². The molecule has 11 heavy (non-hydrogen) atoms. The minimum Gasteiger partial charge on any atom is -0.476 e. The number of rotatable bonds is 1. The molecule has 3 nitrogen and oxygen atoms in total. The number of aromatic carboxylic acids is 1. The van der Waals surface area contributed by atoms with Gasteiger partial charge in [0.25, 0.3) is 0 Å². The van der Waals surface area contributed by atoms with Crippen molar-refractivity contribution in [2.45, 2.75) is 0 Å². The molecule has 1 aromatic heterocycles. The normalized spacial score (nSPS) is 9.64. The molecule has 0 saturated heterocycles. The lowest BCUT2D eigenvalue weighted by molar-refractivity contribution is 0.0690. The largest absolute Gasteiger partial charge is 0.476 e. The van der Waals surface area contributed by atoms with Gasteiger partial charge in [-0.05, 0) is 12.1 Å². The highest BCUT2D eigenvalue weighted by Gasteiger charge is 2.09. The lowest BCUT2D eigenvalue weighted by Gasteiger charge is -1.96. The zero-order valence-corrected chi connectivity index (χ0v) is 6.73. The Bertz CT molecular complexity index is 301. The lowest BCUT2D eigenvalue weighted by Crippen LogP contribution is -2.00. The van der Waals surface area contributed by atoms with Crippen LogP contribution in [0.2, 0.25) is 10.2 Å². The van der Waals surface area contributed by atoms with Crippen molar-refractivity contribution in [3.05, 3.63) is 28.0 Å². The summed E-state index contributed by atoms with van der Waals surface area (Å²) in [5, 5.41) is 8.69. The van der Waals surface area contributed by atoms with E-state index in [0.717, 1.165) is 0 Å². The van der Waals surface area contributed by atoms with E-state index >= 15 is 0 Å². The first-order valence-corrected chi connectivity index (χ1v) is 3.42. The van der Waals surface area contributed by atoms with E-state index in [2.05, 4.69) is 4.98 Å².